The first kappa shape index (κ1) is 10.8. The van der Waals surface area contributed by atoms with Gasteiger partial charge in [0.15, 0.2) is 0 Å². The first-order chi connectivity index (χ1) is 8.74. The molecule has 0 saturated carbocycles. The molecule has 0 amide bonds. The molecule has 0 aliphatic carbocycles. The molecule has 0 fully saturated rings. The molecule has 3 aromatic rings. The van der Waals surface area contributed by atoms with Crippen molar-refractivity contribution in [2.75, 3.05) is 5.32 Å². The fraction of sp³-hybridized carbons (Fsp3) is 0.250. The molecule has 3 rings (SSSR count). The smallest absolute Gasteiger partial charge is 0.134 e. The Morgan fingerprint density at radius 1 is 1.39 bits per heavy atom. The lowest BCUT2D eigenvalue weighted by molar-refractivity contribution is 0.767. The highest BCUT2D eigenvalue weighted by Gasteiger charge is 2.07. The van der Waals surface area contributed by atoms with E-state index in [-0.39, 0.29) is 0 Å². The molecule has 3 heterocycles. The van der Waals surface area contributed by atoms with Crippen molar-refractivity contribution in [2.24, 2.45) is 7.05 Å². The molecule has 6 nitrogen and oxygen atoms in total. The van der Waals surface area contributed by atoms with Crippen molar-refractivity contribution in [2.45, 2.75) is 13.5 Å². The number of fused-ring (bicyclic) bond motifs is 1. The highest BCUT2D eigenvalue weighted by Crippen LogP contribution is 2.21. The molecule has 0 unspecified atom stereocenters. The van der Waals surface area contributed by atoms with E-state index < -0.39 is 0 Å². The third-order valence-corrected chi connectivity index (χ3v) is 2.86. The van der Waals surface area contributed by atoms with Crippen LogP contribution in [-0.4, -0.2) is 25.0 Å². The number of hydrogen-bond donors (Lipinski definition) is 2. The van der Waals surface area contributed by atoms with E-state index in [1.54, 1.807) is 10.9 Å². The number of nitrogens with zero attached hydrogens (tertiary/aromatic N) is 4. The minimum atomic E-state index is 0.721. The maximum absolute atomic E-state index is 4.31. The van der Waals surface area contributed by atoms with E-state index in [1.807, 2.05) is 32.4 Å². The number of nitrogens with one attached hydrogen (secondary N) is 2. The zero-order valence-corrected chi connectivity index (χ0v) is 10.3. The molecule has 0 saturated heterocycles. The average Bonchev–Trinajstić information content (AvgIpc) is 2.94. The Balaban J connectivity index is 1.86. The van der Waals surface area contributed by atoms with E-state index >= 15 is 0 Å². The zero-order chi connectivity index (χ0) is 12.5. The van der Waals surface area contributed by atoms with Crippen LogP contribution in [0, 0.1) is 6.92 Å². The van der Waals surface area contributed by atoms with Crippen LogP contribution >= 0.6 is 0 Å². The van der Waals surface area contributed by atoms with Crippen LogP contribution in [0.5, 0.6) is 0 Å². The van der Waals surface area contributed by atoms with Crippen molar-refractivity contribution in [1.82, 2.24) is 25.0 Å². The molecule has 2 N–H and O–H groups in total. The van der Waals surface area contributed by atoms with Crippen LogP contribution in [0.1, 0.15) is 11.3 Å². The standard InChI is InChI=1S/C12H14N6/c1-8-11-12(17-16-8)10(3-4-13-11)14-5-9-6-15-18(2)7-9/h3-4,6-7H,5H2,1-2H3,(H,13,14)(H,16,17). The van der Waals surface area contributed by atoms with E-state index in [1.165, 1.54) is 0 Å². The molecule has 0 aliphatic heterocycles. The maximum atomic E-state index is 4.31. The van der Waals surface area contributed by atoms with Gasteiger partial charge in [0.1, 0.15) is 11.0 Å². The van der Waals surface area contributed by atoms with E-state index in [9.17, 15) is 0 Å². The topological polar surface area (TPSA) is 71.4 Å². The largest absolute Gasteiger partial charge is 0.379 e. The fourth-order valence-electron chi connectivity index (χ4n) is 1.94. The molecule has 3 aromatic heterocycles. The van der Waals surface area contributed by atoms with Gasteiger partial charge in [-0.1, -0.05) is 0 Å². The van der Waals surface area contributed by atoms with Crippen molar-refractivity contribution in [3.63, 3.8) is 0 Å². The summed E-state index contributed by atoms with van der Waals surface area (Å²) in [6, 6.07) is 1.93. The number of aryl methyl sites for hydroxylation is 2. The quantitative estimate of drug-likeness (QED) is 0.732. The molecule has 0 atom stereocenters. The number of aromatic amines is 1. The summed E-state index contributed by atoms with van der Waals surface area (Å²) in [5.41, 5.74) is 4.88. The Bertz CT molecular complexity index is 681. The Morgan fingerprint density at radius 2 is 2.28 bits per heavy atom. The Kier molecular flexibility index (Phi) is 2.47. The second kappa shape index (κ2) is 4.14. The summed E-state index contributed by atoms with van der Waals surface area (Å²) < 4.78 is 1.79. The predicted octanol–water partition coefficient (Wildman–Crippen LogP) is 1.61. The summed E-state index contributed by atoms with van der Waals surface area (Å²) in [5, 5.41) is 14.7. The molecular formula is C12H14N6. The van der Waals surface area contributed by atoms with Gasteiger partial charge in [-0.2, -0.15) is 10.2 Å². The van der Waals surface area contributed by atoms with Gasteiger partial charge in [0.25, 0.3) is 0 Å². The Hall–Kier alpha value is -2.37. The van der Waals surface area contributed by atoms with Crippen molar-refractivity contribution >= 4 is 16.7 Å². The first-order valence-corrected chi connectivity index (χ1v) is 5.75. The normalized spacial score (nSPS) is 11.0. The summed E-state index contributed by atoms with van der Waals surface area (Å²) in [7, 11) is 1.91. The van der Waals surface area contributed by atoms with E-state index in [0.717, 1.165) is 34.5 Å². The van der Waals surface area contributed by atoms with Crippen LogP contribution in [0.3, 0.4) is 0 Å². The lowest BCUT2D eigenvalue weighted by Crippen LogP contribution is -1.99. The number of anilines is 1. The highest BCUT2D eigenvalue weighted by molar-refractivity contribution is 5.88. The first-order valence-electron chi connectivity index (χ1n) is 5.75. The monoisotopic (exact) mass is 242 g/mol. The molecule has 6 heteroatoms. The maximum Gasteiger partial charge on any atom is 0.134 e. The third kappa shape index (κ3) is 1.81. The summed E-state index contributed by atoms with van der Waals surface area (Å²) in [4.78, 5) is 4.31. The van der Waals surface area contributed by atoms with E-state index in [2.05, 4.69) is 25.6 Å². The van der Waals surface area contributed by atoms with Crippen molar-refractivity contribution in [3.8, 4) is 0 Å². The molecule has 0 aliphatic rings. The fourth-order valence-corrected chi connectivity index (χ4v) is 1.94. The third-order valence-electron chi connectivity index (χ3n) is 2.86. The van der Waals surface area contributed by atoms with Crippen molar-refractivity contribution in [1.29, 1.82) is 0 Å². The van der Waals surface area contributed by atoms with Gasteiger partial charge >= 0.3 is 0 Å². The average molecular weight is 242 g/mol. The molecule has 0 aromatic carbocycles. The van der Waals surface area contributed by atoms with Crippen LogP contribution in [0.4, 0.5) is 5.69 Å². The number of aromatic nitrogens is 5. The van der Waals surface area contributed by atoms with Crippen LogP contribution in [0.2, 0.25) is 0 Å². The lowest BCUT2D eigenvalue weighted by Gasteiger charge is -2.04. The van der Waals surface area contributed by atoms with Gasteiger partial charge in [0, 0.05) is 31.5 Å². The van der Waals surface area contributed by atoms with Gasteiger partial charge < -0.3 is 5.32 Å². The molecular weight excluding hydrogens is 228 g/mol. The Labute approximate surface area is 104 Å². The van der Waals surface area contributed by atoms with E-state index in [4.69, 9.17) is 0 Å². The van der Waals surface area contributed by atoms with Gasteiger partial charge in [0.05, 0.1) is 17.6 Å². The zero-order valence-electron chi connectivity index (χ0n) is 10.3. The van der Waals surface area contributed by atoms with Gasteiger partial charge in [-0.05, 0) is 13.0 Å². The Morgan fingerprint density at radius 3 is 3.06 bits per heavy atom. The molecule has 0 radical (unpaired) electrons. The second-order valence-corrected chi connectivity index (χ2v) is 4.28. The SMILES string of the molecule is Cc1[nH]nc2c(NCc3cnn(C)c3)ccnc12. The summed E-state index contributed by atoms with van der Waals surface area (Å²) in [5.74, 6) is 0. The van der Waals surface area contributed by atoms with E-state index in [0.29, 0.717) is 0 Å². The van der Waals surface area contributed by atoms with Gasteiger partial charge in [-0.3, -0.25) is 14.8 Å². The van der Waals surface area contributed by atoms with Gasteiger partial charge in [-0.25, -0.2) is 0 Å². The highest BCUT2D eigenvalue weighted by atomic mass is 15.2. The minimum Gasteiger partial charge on any atom is -0.379 e. The molecule has 18 heavy (non-hydrogen) atoms. The van der Waals surface area contributed by atoms with Crippen LogP contribution < -0.4 is 5.32 Å². The molecule has 0 spiro atoms. The summed E-state index contributed by atoms with van der Waals surface area (Å²) >= 11 is 0. The number of hydrogen-bond acceptors (Lipinski definition) is 4. The van der Waals surface area contributed by atoms with Crippen LogP contribution in [0.25, 0.3) is 11.0 Å². The lowest BCUT2D eigenvalue weighted by atomic mass is 10.2. The number of pyridine rings is 1. The summed E-state index contributed by atoms with van der Waals surface area (Å²) in [6.07, 6.45) is 5.62. The van der Waals surface area contributed by atoms with Crippen molar-refractivity contribution < 1.29 is 0 Å². The number of H-pyrrole nitrogens is 1. The van der Waals surface area contributed by atoms with Crippen LogP contribution in [-0.2, 0) is 13.6 Å². The second-order valence-electron chi connectivity index (χ2n) is 4.28. The van der Waals surface area contributed by atoms with Gasteiger partial charge in [-0.15, -0.1) is 0 Å². The summed E-state index contributed by atoms with van der Waals surface area (Å²) in [6.45, 7) is 2.69. The minimum absolute atomic E-state index is 0.721. The van der Waals surface area contributed by atoms with Gasteiger partial charge in [0.2, 0.25) is 0 Å². The number of rotatable bonds is 3. The molecule has 92 valence electrons. The van der Waals surface area contributed by atoms with Crippen molar-refractivity contribution in [3.05, 3.63) is 35.9 Å². The molecule has 0 bridgehead atoms. The predicted molar refractivity (Wildman–Crippen MR) is 69.2 cm³/mol. The van der Waals surface area contributed by atoms with Crippen LogP contribution in [0.15, 0.2) is 24.7 Å².